The number of carbonyl (C=O) groups excluding carboxylic acids is 1. The number of anilines is 1. The maximum Gasteiger partial charge on any atom is 0.255 e. The molecule has 10 nitrogen and oxygen atoms in total. The van der Waals surface area contributed by atoms with Gasteiger partial charge in [-0.1, -0.05) is 17.3 Å². The number of carbonyl (C=O) groups is 1. The van der Waals surface area contributed by atoms with Crippen molar-refractivity contribution in [2.24, 2.45) is 0 Å². The molecule has 2 aliphatic rings. The fourth-order valence-corrected chi connectivity index (χ4v) is 4.76. The molecule has 0 bridgehead atoms. The van der Waals surface area contributed by atoms with Crippen LogP contribution in [0.2, 0.25) is 0 Å². The highest BCUT2D eigenvalue weighted by Crippen LogP contribution is 2.28. The molecule has 190 valence electrons. The number of benzene rings is 1. The number of aromatic nitrogens is 4. The zero-order chi connectivity index (χ0) is 25.1. The lowest BCUT2D eigenvalue weighted by molar-refractivity contribution is -0.132. The predicted octanol–water partition coefficient (Wildman–Crippen LogP) is 2.44. The molecule has 1 N–H and O–H groups in total. The maximum absolute atomic E-state index is 13.5. The van der Waals surface area contributed by atoms with E-state index >= 15 is 0 Å². The highest BCUT2D eigenvalue weighted by Gasteiger charge is 2.29. The molecule has 2 aromatic heterocycles. The minimum atomic E-state index is -0.367. The van der Waals surface area contributed by atoms with Crippen LogP contribution in [0.5, 0.6) is 0 Å². The van der Waals surface area contributed by atoms with Crippen molar-refractivity contribution in [3.05, 3.63) is 57.6 Å². The van der Waals surface area contributed by atoms with Gasteiger partial charge in [-0.25, -0.2) is 9.37 Å². The van der Waals surface area contributed by atoms with Gasteiger partial charge in [0.05, 0.1) is 19.1 Å². The van der Waals surface area contributed by atoms with Crippen molar-refractivity contribution in [1.82, 2.24) is 25.0 Å². The lowest BCUT2D eigenvalue weighted by Crippen LogP contribution is -2.40. The van der Waals surface area contributed by atoms with Gasteiger partial charge in [-0.2, -0.15) is 4.98 Å². The molecule has 36 heavy (non-hydrogen) atoms. The van der Waals surface area contributed by atoms with Crippen LogP contribution in [0.15, 0.2) is 33.6 Å². The Kier molecular flexibility index (Phi) is 7.08. The Morgan fingerprint density at radius 3 is 2.83 bits per heavy atom. The van der Waals surface area contributed by atoms with Gasteiger partial charge in [-0.15, -0.1) is 0 Å². The minimum absolute atomic E-state index is 0.0272. The van der Waals surface area contributed by atoms with E-state index in [-0.39, 0.29) is 29.6 Å². The Hall–Kier alpha value is -3.60. The number of likely N-dealkylation sites (tertiary alicyclic amines) is 1. The van der Waals surface area contributed by atoms with Gasteiger partial charge in [0, 0.05) is 49.4 Å². The normalized spacial score (nSPS) is 18.4. The van der Waals surface area contributed by atoms with Crippen LogP contribution < -0.4 is 10.5 Å². The van der Waals surface area contributed by atoms with Crippen molar-refractivity contribution in [3.8, 4) is 11.4 Å². The second kappa shape index (κ2) is 10.6. The summed E-state index contributed by atoms with van der Waals surface area (Å²) in [4.78, 5) is 41.4. The smallest absolute Gasteiger partial charge is 0.255 e. The molecule has 1 aromatic carbocycles. The van der Waals surface area contributed by atoms with Gasteiger partial charge in [0.25, 0.3) is 5.56 Å². The van der Waals surface area contributed by atoms with Gasteiger partial charge in [0.1, 0.15) is 5.82 Å². The third-order valence-electron chi connectivity index (χ3n) is 6.76. The summed E-state index contributed by atoms with van der Waals surface area (Å²) in [5.41, 5.74) is 1.51. The molecule has 5 rings (SSSR count). The number of H-pyrrole nitrogens is 1. The largest absolute Gasteiger partial charge is 0.378 e. The van der Waals surface area contributed by atoms with Crippen LogP contribution in [0.1, 0.15) is 42.3 Å². The number of morpholine rings is 1. The topological polar surface area (TPSA) is 117 Å². The molecule has 2 saturated heterocycles. The zero-order valence-corrected chi connectivity index (χ0v) is 20.2. The summed E-state index contributed by atoms with van der Waals surface area (Å²) in [5.74, 6) is 0.843. The molecule has 0 spiro atoms. The molecular formula is C25H29FN6O4. The van der Waals surface area contributed by atoms with E-state index in [4.69, 9.17) is 9.26 Å². The van der Waals surface area contributed by atoms with Crippen molar-refractivity contribution < 1.29 is 18.4 Å². The van der Waals surface area contributed by atoms with E-state index in [1.54, 1.807) is 17.0 Å². The predicted molar refractivity (Wildman–Crippen MR) is 129 cm³/mol. The Bertz CT molecular complexity index is 1290. The summed E-state index contributed by atoms with van der Waals surface area (Å²) in [6, 6.07) is 6.04. The number of nitrogens with zero attached hydrogens (tertiary/aromatic N) is 5. The summed E-state index contributed by atoms with van der Waals surface area (Å²) >= 11 is 0. The van der Waals surface area contributed by atoms with E-state index in [9.17, 15) is 14.0 Å². The quantitative estimate of drug-likeness (QED) is 0.553. The van der Waals surface area contributed by atoms with Crippen LogP contribution in [0.4, 0.5) is 10.3 Å². The highest BCUT2D eigenvalue weighted by atomic mass is 19.1. The van der Waals surface area contributed by atoms with Gasteiger partial charge >= 0.3 is 0 Å². The minimum Gasteiger partial charge on any atom is -0.378 e. The number of aromatic amines is 1. The second-order valence-corrected chi connectivity index (χ2v) is 9.20. The first kappa shape index (κ1) is 24.1. The lowest BCUT2D eigenvalue weighted by atomic mass is 9.97. The second-order valence-electron chi connectivity index (χ2n) is 9.20. The number of aryl methyl sites for hydroxylation is 1. The first-order valence-corrected chi connectivity index (χ1v) is 12.3. The Morgan fingerprint density at radius 2 is 2.06 bits per heavy atom. The molecule has 11 heteroatoms. The fourth-order valence-electron chi connectivity index (χ4n) is 4.76. The molecule has 1 unspecified atom stereocenters. The number of ether oxygens (including phenoxy) is 1. The molecule has 4 heterocycles. The van der Waals surface area contributed by atoms with Crippen LogP contribution >= 0.6 is 0 Å². The number of rotatable bonds is 6. The van der Waals surface area contributed by atoms with Gasteiger partial charge in [-0.05, 0) is 38.3 Å². The van der Waals surface area contributed by atoms with Crippen molar-refractivity contribution in [3.63, 3.8) is 0 Å². The van der Waals surface area contributed by atoms with E-state index < -0.39 is 0 Å². The van der Waals surface area contributed by atoms with E-state index in [2.05, 4.69) is 20.1 Å². The Labute approximate surface area is 207 Å². The number of piperidine rings is 1. The summed E-state index contributed by atoms with van der Waals surface area (Å²) in [5, 5.41) is 4.00. The SMILES string of the molecule is Cc1nc(N2CCOCC2)[nH]c(=O)c1CCC(=O)N1CCCC(c2nc(-c3cccc(F)c3)no2)C1. The third-order valence-corrected chi connectivity index (χ3v) is 6.76. The number of nitrogens with one attached hydrogen (secondary N) is 1. The van der Waals surface area contributed by atoms with Gasteiger partial charge < -0.3 is 19.1 Å². The summed E-state index contributed by atoms with van der Waals surface area (Å²) in [6.07, 6.45) is 2.17. The van der Waals surface area contributed by atoms with E-state index in [0.29, 0.717) is 80.3 Å². The molecule has 0 aliphatic carbocycles. The Balaban J connectivity index is 1.21. The molecule has 2 fully saturated rings. The van der Waals surface area contributed by atoms with Crippen LogP contribution in [0.3, 0.4) is 0 Å². The number of amides is 1. The average Bonchev–Trinajstić information content (AvgIpc) is 3.39. The first-order valence-electron chi connectivity index (χ1n) is 12.3. The molecule has 2 aliphatic heterocycles. The van der Waals surface area contributed by atoms with Crippen molar-refractivity contribution in [1.29, 1.82) is 0 Å². The lowest BCUT2D eigenvalue weighted by Gasteiger charge is -2.31. The summed E-state index contributed by atoms with van der Waals surface area (Å²) in [7, 11) is 0. The Morgan fingerprint density at radius 1 is 1.22 bits per heavy atom. The fraction of sp³-hybridized carbons (Fsp3) is 0.480. The molecule has 3 aromatic rings. The summed E-state index contributed by atoms with van der Waals surface area (Å²) in [6.45, 7) is 5.48. The van der Waals surface area contributed by atoms with Gasteiger partial charge in [-0.3, -0.25) is 14.6 Å². The van der Waals surface area contributed by atoms with Gasteiger partial charge in [0.2, 0.25) is 23.6 Å². The number of hydrogen-bond acceptors (Lipinski definition) is 8. The highest BCUT2D eigenvalue weighted by molar-refractivity contribution is 5.76. The first-order chi connectivity index (χ1) is 17.5. The molecular weight excluding hydrogens is 467 g/mol. The van der Waals surface area contributed by atoms with Crippen LogP contribution in [0.25, 0.3) is 11.4 Å². The van der Waals surface area contributed by atoms with Gasteiger partial charge in [0.15, 0.2) is 0 Å². The van der Waals surface area contributed by atoms with Crippen LogP contribution in [-0.2, 0) is 16.0 Å². The monoisotopic (exact) mass is 496 g/mol. The molecule has 0 saturated carbocycles. The molecule has 1 amide bonds. The number of hydrogen-bond donors (Lipinski definition) is 1. The third kappa shape index (κ3) is 5.30. The van der Waals surface area contributed by atoms with Crippen molar-refractivity contribution >= 4 is 11.9 Å². The zero-order valence-electron chi connectivity index (χ0n) is 20.2. The maximum atomic E-state index is 13.5. The van der Waals surface area contributed by atoms with Crippen LogP contribution in [0, 0.1) is 12.7 Å². The molecule has 1 atom stereocenters. The van der Waals surface area contributed by atoms with Crippen molar-refractivity contribution in [2.75, 3.05) is 44.3 Å². The average molecular weight is 497 g/mol. The standard InChI is InChI=1S/C25H29FN6O4/c1-16-20(23(34)29-25(27-16)31-10-12-35-13-11-31)7-8-21(33)32-9-3-5-18(15-32)24-28-22(30-36-24)17-4-2-6-19(26)14-17/h2,4,6,14,18H,3,5,7-13,15H2,1H3,(H,27,29,34). The number of halogens is 1. The van der Waals surface area contributed by atoms with E-state index in [1.165, 1.54) is 12.1 Å². The van der Waals surface area contributed by atoms with Crippen molar-refractivity contribution in [2.45, 2.75) is 38.5 Å². The van der Waals surface area contributed by atoms with E-state index in [1.807, 2.05) is 11.8 Å². The molecule has 0 radical (unpaired) electrons. The van der Waals surface area contributed by atoms with E-state index in [0.717, 1.165) is 12.8 Å². The van der Waals surface area contributed by atoms with Crippen LogP contribution in [-0.4, -0.2) is 70.3 Å². The summed E-state index contributed by atoms with van der Waals surface area (Å²) < 4.78 is 24.4.